The maximum Gasteiger partial charge on any atom is 0.234 e. The summed E-state index contributed by atoms with van der Waals surface area (Å²) in [4.78, 5) is 2.76. The molecule has 1 aliphatic heterocycles. The zero-order valence-corrected chi connectivity index (χ0v) is 42.9. The van der Waals surface area contributed by atoms with Gasteiger partial charge in [-0.1, -0.05) is 297 Å². The van der Waals surface area contributed by atoms with Crippen molar-refractivity contribution in [3.8, 4) is 0 Å². The zero-order valence-electron chi connectivity index (χ0n) is 41.4. The van der Waals surface area contributed by atoms with Crippen LogP contribution in [0.5, 0.6) is 0 Å². The highest BCUT2D eigenvalue weighted by Gasteiger charge is 2.41. The van der Waals surface area contributed by atoms with Gasteiger partial charge < -0.3 is 4.90 Å². The Balaban J connectivity index is 2.25. The molecule has 0 aromatic carbocycles. The minimum Gasteiger partial charge on any atom is -0.323 e. The monoisotopic (exact) mass is 892 g/mol. The van der Waals surface area contributed by atoms with E-state index in [2.05, 4.69) is 54.2 Å². The largest absolute Gasteiger partial charge is 0.323 e. The third-order valence-corrected chi connectivity index (χ3v) is 15.1. The normalized spacial score (nSPS) is 16.6. The van der Waals surface area contributed by atoms with Gasteiger partial charge >= 0.3 is 0 Å². The maximum absolute atomic E-state index is 4.34. The van der Waals surface area contributed by atoms with Crippen LogP contribution in [-0.2, 0) is 0 Å². The first-order valence-corrected chi connectivity index (χ1v) is 28.9. The van der Waals surface area contributed by atoms with Gasteiger partial charge in [-0.05, 0) is 25.7 Å². The van der Waals surface area contributed by atoms with Gasteiger partial charge in [-0.15, -0.1) is 0 Å². The number of nitrogens with zero attached hydrogens (tertiary/aromatic N) is 2. The van der Waals surface area contributed by atoms with Gasteiger partial charge in [0.2, 0.25) is 16.1 Å². The molecule has 0 saturated heterocycles. The van der Waals surface area contributed by atoms with Gasteiger partial charge in [-0.25, -0.2) is 3.51 Å². The highest BCUT2D eigenvalue weighted by molar-refractivity contribution is 9.05. The Labute approximate surface area is 383 Å². The van der Waals surface area contributed by atoms with Crippen LogP contribution in [-0.4, -0.2) is 27.7 Å². The summed E-state index contributed by atoms with van der Waals surface area (Å²) in [5.41, 5.74) is 0. The molecular weight excluding hydrogens is 781 g/mol. The lowest BCUT2D eigenvalue weighted by Crippen LogP contribution is -2.47. The molecule has 0 aromatic rings. The van der Waals surface area contributed by atoms with Gasteiger partial charge in [-0.3, -0.25) is 0 Å². The summed E-state index contributed by atoms with van der Waals surface area (Å²) in [6.45, 7) is 9.47. The minimum absolute atomic E-state index is 0.602. The van der Waals surface area contributed by atoms with Crippen LogP contribution in [0.1, 0.15) is 329 Å². The van der Waals surface area contributed by atoms with Crippen molar-refractivity contribution in [1.29, 1.82) is 0 Å². The van der Waals surface area contributed by atoms with Gasteiger partial charge in [0.05, 0.1) is 12.7 Å². The number of hydrogen-bond acceptors (Lipinski definition) is 1. The van der Waals surface area contributed by atoms with E-state index in [1.165, 1.54) is 321 Å². The SMILES string of the molecule is CCCCCCCCCCCCCCCCCCN1C=C[N+](Br)(CCCCCCCCCCCCCCCCCC)C1CCCCCCCCCCCCCCCCC. The second kappa shape index (κ2) is 46.0. The number of unbranched alkanes of at least 4 members (excludes halogenated alkanes) is 44. The number of rotatable bonds is 50. The summed E-state index contributed by atoms with van der Waals surface area (Å²) < 4.78 is 0.989. The average Bonchev–Trinajstić information content (AvgIpc) is 3.55. The molecule has 0 N–H and O–H groups in total. The summed E-state index contributed by atoms with van der Waals surface area (Å²) >= 11 is 4.34. The molecule has 1 rings (SSSR count). The lowest BCUT2D eigenvalue weighted by Gasteiger charge is -2.35. The Morgan fingerprint density at radius 3 is 0.847 bits per heavy atom. The van der Waals surface area contributed by atoms with Gasteiger partial charge in [0.1, 0.15) is 6.20 Å². The Bertz CT molecular complexity index is 829. The van der Waals surface area contributed by atoms with Crippen molar-refractivity contribution in [2.45, 2.75) is 335 Å². The van der Waals surface area contributed by atoms with Crippen LogP contribution in [0.15, 0.2) is 12.4 Å². The van der Waals surface area contributed by atoms with E-state index in [9.17, 15) is 0 Å². The average molecular weight is 893 g/mol. The minimum atomic E-state index is 0.602. The molecule has 0 bridgehead atoms. The van der Waals surface area contributed by atoms with E-state index < -0.39 is 0 Å². The molecule has 3 heteroatoms. The van der Waals surface area contributed by atoms with Crippen LogP contribution in [0.4, 0.5) is 0 Å². The first kappa shape index (κ1) is 57.0. The third kappa shape index (κ3) is 37.1. The molecule has 0 spiro atoms. The molecular formula is C56H112BrN2+. The fourth-order valence-corrected chi connectivity index (χ4v) is 10.7. The Morgan fingerprint density at radius 1 is 0.322 bits per heavy atom. The topological polar surface area (TPSA) is 3.24 Å². The van der Waals surface area contributed by atoms with Gasteiger partial charge in [0, 0.05) is 13.0 Å². The van der Waals surface area contributed by atoms with Crippen molar-refractivity contribution in [2.75, 3.05) is 13.1 Å². The molecule has 0 amide bonds. The number of quaternary nitrogens is 1. The van der Waals surface area contributed by atoms with Crippen molar-refractivity contribution >= 4 is 16.1 Å². The van der Waals surface area contributed by atoms with E-state index in [0.717, 1.165) is 3.51 Å². The number of hydrogen-bond donors (Lipinski definition) is 0. The van der Waals surface area contributed by atoms with E-state index in [1.54, 1.807) is 0 Å². The fourth-order valence-electron chi connectivity index (χ4n) is 9.91. The van der Waals surface area contributed by atoms with Crippen molar-refractivity contribution in [3.63, 3.8) is 0 Å². The molecule has 0 aliphatic carbocycles. The smallest absolute Gasteiger partial charge is 0.234 e. The summed E-state index contributed by atoms with van der Waals surface area (Å²) in [7, 11) is 0. The predicted molar refractivity (Wildman–Crippen MR) is 272 cm³/mol. The van der Waals surface area contributed by atoms with Crippen molar-refractivity contribution in [1.82, 2.24) is 4.90 Å². The lowest BCUT2D eigenvalue weighted by atomic mass is 10.0. The Hall–Kier alpha value is -0.0200. The highest BCUT2D eigenvalue weighted by Crippen LogP contribution is 2.35. The zero-order chi connectivity index (χ0) is 42.4. The molecule has 2 nitrogen and oxygen atoms in total. The second-order valence-corrected chi connectivity index (χ2v) is 21.2. The second-order valence-electron chi connectivity index (χ2n) is 19.9. The molecule has 0 radical (unpaired) electrons. The van der Waals surface area contributed by atoms with Crippen LogP contribution >= 0.6 is 16.1 Å². The Kier molecular flexibility index (Phi) is 44.4. The van der Waals surface area contributed by atoms with E-state index in [4.69, 9.17) is 0 Å². The van der Waals surface area contributed by atoms with Crippen molar-refractivity contribution < 1.29 is 3.51 Å². The lowest BCUT2D eigenvalue weighted by molar-refractivity contribution is -0.760. The third-order valence-electron chi connectivity index (χ3n) is 14.1. The first-order chi connectivity index (χ1) is 29.2. The van der Waals surface area contributed by atoms with Crippen LogP contribution < -0.4 is 0 Å². The molecule has 59 heavy (non-hydrogen) atoms. The summed E-state index contributed by atoms with van der Waals surface area (Å²) in [6, 6.07) is 0. The van der Waals surface area contributed by atoms with Crippen LogP contribution in [0.25, 0.3) is 0 Å². The van der Waals surface area contributed by atoms with Gasteiger partial charge in [0.15, 0.2) is 6.17 Å². The molecule has 2 unspecified atom stereocenters. The van der Waals surface area contributed by atoms with Crippen molar-refractivity contribution in [2.24, 2.45) is 0 Å². The molecule has 0 saturated carbocycles. The molecule has 1 aliphatic rings. The van der Waals surface area contributed by atoms with E-state index in [1.807, 2.05) is 0 Å². The van der Waals surface area contributed by atoms with Crippen molar-refractivity contribution in [3.05, 3.63) is 12.4 Å². The summed E-state index contributed by atoms with van der Waals surface area (Å²) in [5, 5.41) is 0. The first-order valence-electron chi connectivity index (χ1n) is 28.2. The Morgan fingerprint density at radius 2 is 0.559 bits per heavy atom. The van der Waals surface area contributed by atoms with Crippen LogP contribution in [0, 0.1) is 0 Å². The van der Waals surface area contributed by atoms with Crippen LogP contribution in [0.2, 0.25) is 0 Å². The fraction of sp³-hybridized carbons (Fsp3) is 0.964. The molecule has 0 fully saturated rings. The molecule has 352 valence electrons. The van der Waals surface area contributed by atoms with E-state index in [-0.39, 0.29) is 0 Å². The molecule has 1 heterocycles. The number of halogens is 1. The maximum atomic E-state index is 4.34. The molecule has 2 atom stereocenters. The van der Waals surface area contributed by atoms with Gasteiger partial charge in [-0.2, -0.15) is 0 Å². The standard InChI is InChI=1S/C56H112BrN2/c1-4-7-10-13-16-19-22-25-28-31-34-37-40-43-46-49-52-58-53-55-59(57,54-50-47-44-41-38-35-32-29-26-23-20-17-14-11-8-5-2)56(58)51-48-45-42-39-36-33-30-27-24-21-18-15-12-9-6-3/h53,55-56H,4-52,54H2,1-3H3/q+1. The molecule has 0 aromatic heterocycles. The summed E-state index contributed by atoms with van der Waals surface area (Å²) in [6.07, 6.45) is 75.0. The quantitative estimate of drug-likeness (QED) is 0.0434. The highest BCUT2D eigenvalue weighted by atomic mass is 79.9. The van der Waals surface area contributed by atoms with Gasteiger partial charge in [0.25, 0.3) is 0 Å². The van der Waals surface area contributed by atoms with Crippen LogP contribution in [0.3, 0.4) is 0 Å². The predicted octanol–water partition coefficient (Wildman–Crippen LogP) is 21.0. The van der Waals surface area contributed by atoms with E-state index in [0.29, 0.717) is 6.17 Å². The van der Waals surface area contributed by atoms with E-state index >= 15 is 0 Å². The summed E-state index contributed by atoms with van der Waals surface area (Å²) in [5.74, 6) is 0.